The molecular formula is C14H17Cl2N3. The maximum atomic E-state index is 6.36. The zero-order chi connectivity index (χ0) is 14.0. The van der Waals surface area contributed by atoms with Crippen LogP contribution in [-0.2, 0) is 6.54 Å². The van der Waals surface area contributed by atoms with Gasteiger partial charge in [0.15, 0.2) is 0 Å². The molecule has 1 aromatic carbocycles. The Morgan fingerprint density at radius 3 is 2.63 bits per heavy atom. The second-order valence-corrected chi connectivity index (χ2v) is 5.25. The van der Waals surface area contributed by atoms with Crippen LogP contribution in [0.15, 0.2) is 24.4 Å². The SMILES string of the molecule is CCn1ncc(Cl)c1C(NC)c1ccc(C)cc1Cl. The van der Waals surface area contributed by atoms with Crippen LogP contribution in [0.1, 0.15) is 29.8 Å². The van der Waals surface area contributed by atoms with Crippen LogP contribution in [0.5, 0.6) is 0 Å². The minimum atomic E-state index is -0.0666. The fourth-order valence-corrected chi connectivity index (χ4v) is 2.81. The number of hydrogen-bond donors (Lipinski definition) is 1. The van der Waals surface area contributed by atoms with E-state index in [1.165, 1.54) is 0 Å². The first kappa shape index (κ1) is 14.4. The smallest absolute Gasteiger partial charge is 0.0837 e. The molecular weight excluding hydrogens is 281 g/mol. The summed E-state index contributed by atoms with van der Waals surface area (Å²) in [6.07, 6.45) is 1.67. The minimum absolute atomic E-state index is 0.0666. The Morgan fingerprint density at radius 2 is 2.05 bits per heavy atom. The molecule has 1 atom stereocenters. The minimum Gasteiger partial charge on any atom is -0.308 e. The molecule has 0 radical (unpaired) electrons. The predicted octanol–water partition coefficient (Wildman–Crippen LogP) is 3.83. The maximum absolute atomic E-state index is 6.36. The van der Waals surface area contributed by atoms with Crippen molar-refractivity contribution in [1.82, 2.24) is 15.1 Å². The van der Waals surface area contributed by atoms with Gasteiger partial charge in [0.05, 0.1) is 23.0 Å². The van der Waals surface area contributed by atoms with E-state index in [-0.39, 0.29) is 6.04 Å². The summed E-state index contributed by atoms with van der Waals surface area (Å²) in [5.41, 5.74) is 3.09. The topological polar surface area (TPSA) is 29.9 Å². The summed E-state index contributed by atoms with van der Waals surface area (Å²) in [5.74, 6) is 0. The number of nitrogens with one attached hydrogen (secondary N) is 1. The van der Waals surface area contributed by atoms with Crippen molar-refractivity contribution in [3.63, 3.8) is 0 Å². The zero-order valence-corrected chi connectivity index (χ0v) is 12.8. The summed E-state index contributed by atoms with van der Waals surface area (Å²) in [7, 11) is 1.89. The van der Waals surface area contributed by atoms with Crippen LogP contribution in [-0.4, -0.2) is 16.8 Å². The van der Waals surface area contributed by atoms with Crippen molar-refractivity contribution >= 4 is 23.2 Å². The highest BCUT2D eigenvalue weighted by Crippen LogP contribution is 2.32. The van der Waals surface area contributed by atoms with Gasteiger partial charge in [0, 0.05) is 11.6 Å². The Bertz CT molecular complexity index is 578. The highest BCUT2D eigenvalue weighted by Gasteiger charge is 2.22. The van der Waals surface area contributed by atoms with Gasteiger partial charge in [0.25, 0.3) is 0 Å². The molecule has 0 spiro atoms. The van der Waals surface area contributed by atoms with Crippen molar-refractivity contribution in [2.75, 3.05) is 7.05 Å². The second-order valence-electron chi connectivity index (χ2n) is 4.44. The van der Waals surface area contributed by atoms with Crippen LogP contribution in [0.2, 0.25) is 10.0 Å². The summed E-state index contributed by atoms with van der Waals surface area (Å²) in [6.45, 7) is 4.83. The quantitative estimate of drug-likeness (QED) is 0.929. The molecule has 0 fully saturated rings. The normalized spacial score (nSPS) is 12.7. The van der Waals surface area contributed by atoms with Crippen molar-refractivity contribution in [2.24, 2.45) is 0 Å². The van der Waals surface area contributed by atoms with Gasteiger partial charge in [-0.3, -0.25) is 4.68 Å². The average Bonchev–Trinajstić information content (AvgIpc) is 2.74. The standard InChI is InChI=1S/C14H17Cl2N3/c1-4-19-14(12(16)8-18-19)13(17-3)10-6-5-9(2)7-11(10)15/h5-8,13,17H,4H2,1-3H3. The van der Waals surface area contributed by atoms with Gasteiger partial charge in [-0.15, -0.1) is 0 Å². The molecule has 1 unspecified atom stereocenters. The third-order valence-corrected chi connectivity index (χ3v) is 3.78. The fraction of sp³-hybridized carbons (Fsp3) is 0.357. The first-order valence-electron chi connectivity index (χ1n) is 6.23. The molecule has 0 amide bonds. The Balaban J connectivity index is 2.52. The molecule has 1 aromatic heterocycles. The van der Waals surface area contributed by atoms with Crippen molar-refractivity contribution in [2.45, 2.75) is 26.4 Å². The average molecular weight is 298 g/mol. The van der Waals surface area contributed by atoms with E-state index < -0.39 is 0 Å². The van der Waals surface area contributed by atoms with Crippen LogP contribution < -0.4 is 5.32 Å². The van der Waals surface area contributed by atoms with Gasteiger partial charge < -0.3 is 5.32 Å². The molecule has 5 heteroatoms. The van der Waals surface area contributed by atoms with Crippen LogP contribution in [0.3, 0.4) is 0 Å². The van der Waals surface area contributed by atoms with Crippen LogP contribution >= 0.6 is 23.2 Å². The van der Waals surface area contributed by atoms with Crippen LogP contribution in [0.25, 0.3) is 0 Å². The lowest BCUT2D eigenvalue weighted by atomic mass is 10.0. The molecule has 2 aromatic rings. The number of rotatable bonds is 4. The van der Waals surface area contributed by atoms with E-state index in [0.29, 0.717) is 5.02 Å². The van der Waals surface area contributed by atoms with E-state index >= 15 is 0 Å². The highest BCUT2D eigenvalue weighted by atomic mass is 35.5. The largest absolute Gasteiger partial charge is 0.308 e. The number of hydrogen-bond acceptors (Lipinski definition) is 2. The molecule has 0 aliphatic rings. The van der Waals surface area contributed by atoms with Crippen molar-refractivity contribution in [3.8, 4) is 0 Å². The van der Waals surface area contributed by atoms with Gasteiger partial charge in [-0.05, 0) is 38.1 Å². The molecule has 0 saturated heterocycles. The lowest BCUT2D eigenvalue weighted by molar-refractivity contribution is 0.563. The highest BCUT2D eigenvalue weighted by molar-refractivity contribution is 6.32. The first-order valence-corrected chi connectivity index (χ1v) is 6.98. The lowest BCUT2D eigenvalue weighted by Crippen LogP contribution is -2.22. The monoisotopic (exact) mass is 297 g/mol. The number of benzene rings is 1. The summed E-state index contributed by atoms with van der Waals surface area (Å²) >= 11 is 12.6. The van der Waals surface area contributed by atoms with Crippen molar-refractivity contribution in [1.29, 1.82) is 0 Å². The van der Waals surface area contributed by atoms with Crippen LogP contribution in [0.4, 0.5) is 0 Å². The number of aryl methyl sites for hydroxylation is 2. The number of nitrogens with zero attached hydrogens (tertiary/aromatic N) is 2. The van der Waals surface area contributed by atoms with E-state index in [1.54, 1.807) is 6.20 Å². The molecule has 102 valence electrons. The maximum Gasteiger partial charge on any atom is 0.0837 e. The molecule has 2 rings (SSSR count). The Morgan fingerprint density at radius 1 is 1.32 bits per heavy atom. The molecule has 0 saturated carbocycles. The first-order chi connectivity index (χ1) is 9.08. The third kappa shape index (κ3) is 2.78. The molecule has 0 aliphatic heterocycles. The Labute approximate surface area is 123 Å². The summed E-state index contributed by atoms with van der Waals surface area (Å²) in [5, 5.41) is 8.93. The summed E-state index contributed by atoms with van der Waals surface area (Å²) < 4.78 is 1.89. The number of halogens is 2. The molecule has 1 N–H and O–H groups in total. The summed E-state index contributed by atoms with van der Waals surface area (Å²) in [4.78, 5) is 0. The van der Waals surface area contributed by atoms with Gasteiger partial charge in [-0.1, -0.05) is 35.3 Å². The second kappa shape index (κ2) is 5.95. The van der Waals surface area contributed by atoms with E-state index in [0.717, 1.165) is 28.4 Å². The van der Waals surface area contributed by atoms with Gasteiger partial charge in [-0.2, -0.15) is 5.10 Å². The van der Waals surface area contributed by atoms with Gasteiger partial charge in [0.1, 0.15) is 0 Å². The van der Waals surface area contributed by atoms with Crippen molar-refractivity contribution < 1.29 is 0 Å². The van der Waals surface area contributed by atoms with E-state index in [9.17, 15) is 0 Å². The van der Waals surface area contributed by atoms with Gasteiger partial charge in [-0.25, -0.2) is 0 Å². The molecule has 0 aliphatic carbocycles. The molecule has 1 heterocycles. The van der Waals surface area contributed by atoms with Gasteiger partial charge in [0.2, 0.25) is 0 Å². The predicted molar refractivity (Wildman–Crippen MR) is 80.0 cm³/mol. The van der Waals surface area contributed by atoms with Crippen molar-refractivity contribution in [3.05, 3.63) is 51.3 Å². The third-order valence-electron chi connectivity index (χ3n) is 3.16. The summed E-state index contributed by atoms with van der Waals surface area (Å²) in [6, 6.07) is 5.97. The van der Waals surface area contributed by atoms with Gasteiger partial charge >= 0.3 is 0 Å². The molecule has 0 bridgehead atoms. The van der Waals surface area contributed by atoms with E-state index in [2.05, 4.69) is 10.4 Å². The number of aromatic nitrogens is 2. The van der Waals surface area contributed by atoms with E-state index in [4.69, 9.17) is 23.2 Å². The molecule has 19 heavy (non-hydrogen) atoms. The van der Waals surface area contributed by atoms with E-state index in [1.807, 2.05) is 43.8 Å². The van der Waals surface area contributed by atoms with Crippen LogP contribution in [0, 0.1) is 6.92 Å². The molecule has 3 nitrogen and oxygen atoms in total. The zero-order valence-electron chi connectivity index (χ0n) is 11.2. The fourth-order valence-electron chi connectivity index (χ4n) is 2.22. The lowest BCUT2D eigenvalue weighted by Gasteiger charge is -2.20. The Hall–Kier alpha value is -1.03. The Kier molecular flexibility index (Phi) is 4.50.